The lowest BCUT2D eigenvalue weighted by Gasteiger charge is -2.10. The molecule has 1 N–H and O–H groups in total. The molecule has 1 amide bonds. The van der Waals surface area contributed by atoms with Gasteiger partial charge in [-0.3, -0.25) is 4.79 Å². The average Bonchev–Trinajstić information content (AvgIpc) is 3.07. The van der Waals surface area contributed by atoms with Gasteiger partial charge in [-0.05, 0) is 18.2 Å². The molecule has 0 saturated carbocycles. The summed E-state index contributed by atoms with van der Waals surface area (Å²) in [7, 11) is 0. The maximum atomic E-state index is 12.1. The first-order chi connectivity index (χ1) is 9.34. The third-order valence-electron chi connectivity index (χ3n) is 3.35. The fourth-order valence-electron chi connectivity index (χ4n) is 2.33. The zero-order valence-corrected chi connectivity index (χ0v) is 10.6. The van der Waals surface area contributed by atoms with Crippen molar-refractivity contribution in [2.24, 2.45) is 0 Å². The smallest absolute Gasteiger partial charge is 0.231 e. The first-order valence-corrected chi connectivity index (χ1v) is 6.45. The maximum Gasteiger partial charge on any atom is 0.231 e. The summed E-state index contributed by atoms with van der Waals surface area (Å²) in [5.41, 5.74) is 0.987. The number of nitrogens with zero attached hydrogens (tertiary/aromatic N) is 1. The normalized spacial score (nSPS) is 16.7. The van der Waals surface area contributed by atoms with Crippen LogP contribution in [0.3, 0.4) is 0 Å². The summed E-state index contributed by atoms with van der Waals surface area (Å²) >= 11 is 0. The van der Waals surface area contributed by atoms with Crippen LogP contribution in [0.5, 0.6) is 5.75 Å². The molecule has 0 radical (unpaired) electrons. The van der Waals surface area contributed by atoms with Crippen LogP contribution in [0, 0.1) is 0 Å². The molecule has 2 heterocycles. The number of fused-ring (bicyclic) bond motifs is 1. The van der Waals surface area contributed by atoms with E-state index in [2.05, 4.69) is 5.32 Å². The van der Waals surface area contributed by atoms with Crippen LogP contribution < -0.4 is 10.1 Å². The van der Waals surface area contributed by atoms with Crippen molar-refractivity contribution in [1.29, 1.82) is 0 Å². The van der Waals surface area contributed by atoms with Gasteiger partial charge in [0.05, 0.1) is 0 Å². The van der Waals surface area contributed by atoms with Crippen LogP contribution >= 0.6 is 0 Å². The van der Waals surface area contributed by atoms with Gasteiger partial charge in [0.25, 0.3) is 0 Å². The molecule has 1 aromatic carbocycles. The molecule has 0 spiro atoms. The average molecular weight is 256 g/mol. The molecule has 19 heavy (non-hydrogen) atoms. The number of aromatic nitrogens is 1. The number of hydrogen-bond acceptors (Lipinski definition) is 2. The third kappa shape index (κ3) is 2.47. The standard InChI is InChI=1S/C15H16N2O2/c18-15(16-7-10-17-8-3-4-9-17)13-11-19-14-6-2-1-5-12(13)14/h1-6,8-9,13H,7,10-11H2,(H,16,18)/t13-/m1/s1. The highest BCUT2D eigenvalue weighted by Crippen LogP contribution is 2.33. The zero-order chi connectivity index (χ0) is 13.1. The number of benzene rings is 1. The van der Waals surface area contributed by atoms with Gasteiger partial charge in [-0.1, -0.05) is 18.2 Å². The van der Waals surface area contributed by atoms with E-state index in [1.54, 1.807) is 0 Å². The van der Waals surface area contributed by atoms with Crippen LogP contribution in [0.25, 0.3) is 0 Å². The Labute approximate surface area is 112 Å². The quantitative estimate of drug-likeness (QED) is 0.906. The molecule has 0 aliphatic carbocycles. The molecule has 0 saturated heterocycles. The molecule has 4 nitrogen and oxygen atoms in total. The topological polar surface area (TPSA) is 43.3 Å². The van der Waals surface area contributed by atoms with Gasteiger partial charge in [0.2, 0.25) is 5.91 Å². The lowest BCUT2D eigenvalue weighted by atomic mass is 10.0. The van der Waals surface area contributed by atoms with Crippen molar-refractivity contribution in [3.63, 3.8) is 0 Å². The summed E-state index contributed by atoms with van der Waals surface area (Å²) < 4.78 is 7.56. The Balaban J connectivity index is 1.57. The van der Waals surface area contributed by atoms with Crippen LogP contribution in [0.4, 0.5) is 0 Å². The van der Waals surface area contributed by atoms with E-state index in [1.165, 1.54) is 0 Å². The van der Waals surface area contributed by atoms with Crippen LogP contribution in [0.15, 0.2) is 48.8 Å². The summed E-state index contributed by atoms with van der Waals surface area (Å²) in [6.45, 7) is 1.86. The highest BCUT2D eigenvalue weighted by molar-refractivity contribution is 5.85. The molecular weight excluding hydrogens is 240 g/mol. The second-order valence-electron chi connectivity index (χ2n) is 4.61. The van der Waals surface area contributed by atoms with Crippen molar-refractivity contribution in [3.05, 3.63) is 54.4 Å². The van der Waals surface area contributed by atoms with Crippen molar-refractivity contribution in [1.82, 2.24) is 9.88 Å². The van der Waals surface area contributed by atoms with Crippen LogP contribution in [0.2, 0.25) is 0 Å². The predicted octanol–water partition coefficient (Wildman–Crippen LogP) is 1.78. The zero-order valence-electron chi connectivity index (χ0n) is 10.6. The first-order valence-electron chi connectivity index (χ1n) is 6.45. The Morgan fingerprint density at radius 1 is 1.26 bits per heavy atom. The number of carbonyl (C=O) groups excluding carboxylic acids is 1. The number of ether oxygens (including phenoxy) is 1. The van der Waals surface area contributed by atoms with E-state index in [4.69, 9.17) is 4.74 Å². The summed E-state index contributed by atoms with van der Waals surface area (Å²) in [5.74, 6) is 0.686. The van der Waals surface area contributed by atoms with Gasteiger partial charge < -0.3 is 14.6 Å². The van der Waals surface area contributed by atoms with Gasteiger partial charge >= 0.3 is 0 Å². The minimum absolute atomic E-state index is 0.0390. The Morgan fingerprint density at radius 2 is 2.05 bits per heavy atom. The molecule has 0 bridgehead atoms. The minimum atomic E-state index is -0.180. The molecule has 0 fully saturated rings. The molecular formula is C15H16N2O2. The third-order valence-corrected chi connectivity index (χ3v) is 3.35. The Bertz CT molecular complexity index is 563. The van der Waals surface area contributed by atoms with Gasteiger partial charge in [0.15, 0.2) is 0 Å². The van der Waals surface area contributed by atoms with Crippen molar-refractivity contribution >= 4 is 5.91 Å². The van der Waals surface area contributed by atoms with Gasteiger partial charge in [0, 0.05) is 31.0 Å². The Kier molecular flexibility index (Phi) is 3.23. The van der Waals surface area contributed by atoms with E-state index in [1.807, 2.05) is 53.4 Å². The summed E-state index contributed by atoms with van der Waals surface area (Å²) in [4.78, 5) is 12.1. The summed E-state index contributed by atoms with van der Waals surface area (Å²) in [6, 6.07) is 11.7. The van der Waals surface area contributed by atoms with E-state index in [9.17, 15) is 4.79 Å². The van der Waals surface area contributed by atoms with Gasteiger partial charge in [-0.15, -0.1) is 0 Å². The van der Waals surface area contributed by atoms with E-state index in [0.717, 1.165) is 17.9 Å². The van der Waals surface area contributed by atoms with E-state index >= 15 is 0 Å². The molecule has 2 aromatic rings. The highest BCUT2D eigenvalue weighted by Gasteiger charge is 2.29. The first kappa shape index (κ1) is 11.8. The van der Waals surface area contributed by atoms with Gasteiger partial charge in [0.1, 0.15) is 18.3 Å². The number of hydrogen-bond donors (Lipinski definition) is 1. The molecule has 0 unspecified atom stereocenters. The van der Waals surface area contributed by atoms with Crippen LogP contribution in [0.1, 0.15) is 11.5 Å². The monoisotopic (exact) mass is 256 g/mol. The van der Waals surface area contributed by atoms with Crippen LogP contribution in [-0.4, -0.2) is 23.6 Å². The molecule has 1 aliphatic rings. The summed E-state index contributed by atoms with van der Waals surface area (Å²) in [5, 5.41) is 2.96. The number of amides is 1. The van der Waals surface area contributed by atoms with Crippen molar-refractivity contribution in [3.8, 4) is 5.75 Å². The van der Waals surface area contributed by atoms with E-state index in [-0.39, 0.29) is 11.8 Å². The van der Waals surface area contributed by atoms with Crippen molar-refractivity contribution in [2.75, 3.05) is 13.2 Å². The molecule has 98 valence electrons. The molecule has 4 heteroatoms. The number of para-hydroxylation sites is 1. The Morgan fingerprint density at radius 3 is 2.89 bits per heavy atom. The number of nitrogens with one attached hydrogen (secondary N) is 1. The van der Waals surface area contributed by atoms with Crippen molar-refractivity contribution < 1.29 is 9.53 Å². The van der Waals surface area contributed by atoms with Gasteiger partial charge in [-0.2, -0.15) is 0 Å². The lowest BCUT2D eigenvalue weighted by Crippen LogP contribution is -2.32. The Hall–Kier alpha value is -2.23. The molecule has 3 rings (SSSR count). The van der Waals surface area contributed by atoms with Crippen LogP contribution in [-0.2, 0) is 11.3 Å². The van der Waals surface area contributed by atoms with E-state index < -0.39 is 0 Å². The molecule has 1 aromatic heterocycles. The van der Waals surface area contributed by atoms with E-state index in [0.29, 0.717) is 13.2 Å². The predicted molar refractivity (Wildman–Crippen MR) is 72.1 cm³/mol. The SMILES string of the molecule is O=C(NCCn1cccc1)[C@@H]1COc2ccccc21. The second kappa shape index (κ2) is 5.18. The molecule has 1 atom stereocenters. The minimum Gasteiger partial charge on any atom is -0.492 e. The lowest BCUT2D eigenvalue weighted by molar-refractivity contribution is -0.122. The largest absolute Gasteiger partial charge is 0.492 e. The summed E-state index contributed by atoms with van der Waals surface area (Å²) in [6.07, 6.45) is 3.97. The fraction of sp³-hybridized carbons (Fsp3) is 0.267. The number of rotatable bonds is 4. The second-order valence-corrected chi connectivity index (χ2v) is 4.61. The van der Waals surface area contributed by atoms with Gasteiger partial charge in [-0.25, -0.2) is 0 Å². The highest BCUT2D eigenvalue weighted by atomic mass is 16.5. The maximum absolute atomic E-state index is 12.1. The number of carbonyl (C=O) groups is 1. The molecule has 1 aliphatic heterocycles. The van der Waals surface area contributed by atoms with Crippen molar-refractivity contribution in [2.45, 2.75) is 12.5 Å². The fourth-order valence-corrected chi connectivity index (χ4v) is 2.33.